The quantitative estimate of drug-likeness (QED) is 0.596. The molecule has 0 N–H and O–H groups in total. The molecular formula is C8H6IN3O2. The number of hydrogen-bond donors (Lipinski definition) is 0. The minimum atomic E-state index is -0.0684. The SMILES string of the molecule is CC(=O)N(I)c1cccc2onnc12. The number of hydrogen-bond acceptors (Lipinski definition) is 4. The van der Waals surface area contributed by atoms with Crippen molar-refractivity contribution in [3.8, 4) is 0 Å². The van der Waals surface area contributed by atoms with Crippen LogP contribution in [0.2, 0.25) is 0 Å². The molecule has 0 spiro atoms. The standard InChI is InChI=1S/C8H6IN3O2/c1-5(13)12(9)6-3-2-4-7-8(6)10-11-14-7/h2-4H,1H3. The molecule has 0 saturated heterocycles. The third-order valence-electron chi connectivity index (χ3n) is 1.75. The van der Waals surface area contributed by atoms with Crippen LogP contribution >= 0.6 is 22.9 Å². The second-order valence-electron chi connectivity index (χ2n) is 2.70. The summed E-state index contributed by atoms with van der Waals surface area (Å²) in [7, 11) is 0. The minimum Gasteiger partial charge on any atom is -0.337 e. The number of nitrogens with zero attached hydrogens (tertiary/aromatic N) is 3. The van der Waals surface area contributed by atoms with Gasteiger partial charge in [0.2, 0.25) is 5.91 Å². The molecule has 0 aliphatic carbocycles. The highest BCUT2D eigenvalue weighted by Gasteiger charge is 2.14. The number of carbonyl (C=O) groups is 1. The average molecular weight is 303 g/mol. The lowest BCUT2D eigenvalue weighted by Gasteiger charge is -2.11. The molecule has 5 nitrogen and oxygen atoms in total. The predicted molar refractivity (Wildman–Crippen MR) is 59.0 cm³/mol. The first-order valence-electron chi connectivity index (χ1n) is 3.87. The van der Waals surface area contributed by atoms with Gasteiger partial charge in [0.1, 0.15) is 0 Å². The lowest BCUT2D eigenvalue weighted by Crippen LogP contribution is -2.15. The van der Waals surface area contributed by atoms with E-state index < -0.39 is 0 Å². The van der Waals surface area contributed by atoms with E-state index in [4.69, 9.17) is 4.52 Å². The zero-order chi connectivity index (χ0) is 10.1. The third-order valence-corrected chi connectivity index (χ3v) is 2.94. The Balaban J connectivity index is 2.61. The highest BCUT2D eigenvalue weighted by molar-refractivity contribution is 14.1. The van der Waals surface area contributed by atoms with E-state index in [9.17, 15) is 4.79 Å². The molecule has 0 aliphatic heterocycles. The Hall–Kier alpha value is -1.18. The summed E-state index contributed by atoms with van der Waals surface area (Å²) in [5.41, 5.74) is 1.86. The fourth-order valence-electron chi connectivity index (χ4n) is 1.12. The number of aromatic nitrogens is 2. The smallest absolute Gasteiger partial charge is 0.232 e. The van der Waals surface area contributed by atoms with E-state index in [-0.39, 0.29) is 5.91 Å². The van der Waals surface area contributed by atoms with E-state index in [1.54, 1.807) is 18.2 Å². The lowest BCUT2D eigenvalue weighted by molar-refractivity contribution is -0.115. The minimum absolute atomic E-state index is 0.0684. The van der Waals surface area contributed by atoms with Crippen molar-refractivity contribution in [3.63, 3.8) is 0 Å². The molecule has 6 heteroatoms. The van der Waals surface area contributed by atoms with Crippen LogP contribution in [0.3, 0.4) is 0 Å². The van der Waals surface area contributed by atoms with Crippen molar-refractivity contribution in [1.82, 2.24) is 10.4 Å². The lowest BCUT2D eigenvalue weighted by atomic mass is 10.3. The van der Waals surface area contributed by atoms with Crippen molar-refractivity contribution in [2.45, 2.75) is 6.92 Å². The van der Waals surface area contributed by atoms with Crippen LogP contribution in [-0.4, -0.2) is 16.3 Å². The highest BCUT2D eigenvalue weighted by Crippen LogP contribution is 2.26. The molecule has 1 aromatic carbocycles. The van der Waals surface area contributed by atoms with E-state index >= 15 is 0 Å². The molecular weight excluding hydrogens is 297 g/mol. The molecule has 14 heavy (non-hydrogen) atoms. The second-order valence-corrected chi connectivity index (χ2v) is 3.66. The van der Waals surface area contributed by atoms with Gasteiger partial charge in [0, 0.05) is 12.2 Å². The molecule has 0 saturated carbocycles. The molecule has 2 rings (SSSR count). The van der Waals surface area contributed by atoms with Gasteiger partial charge in [0.15, 0.2) is 11.1 Å². The number of carbonyl (C=O) groups excluding carboxylic acids is 1. The van der Waals surface area contributed by atoms with Crippen LogP contribution in [0.4, 0.5) is 5.69 Å². The normalized spacial score (nSPS) is 10.4. The molecule has 0 aliphatic rings. The van der Waals surface area contributed by atoms with E-state index in [0.717, 1.165) is 0 Å². The van der Waals surface area contributed by atoms with Gasteiger partial charge in [-0.1, -0.05) is 6.07 Å². The van der Waals surface area contributed by atoms with Gasteiger partial charge in [0.25, 0.3) is 0 Å². The summed E-state index contributed by atoms with van der Waals surface area (Å²) in [6, 6.07) is 5.34. The molecule has 1 aromatic heterocycles. The van der Waals surface area contributed by atoms with E-state index in [1.165, 1.54) is 10.0 Å². The molecule has 0 unspecified atom stereocenters. The molecule has 0 fully saturated rings. The summed E-state index contributed by atoms with van der Waals surface area (Å²) >= 11 is 1.92. The van der Waals surface area contributed by atoms with Crippen molar-refractivity contribution in [3.05, 3.63) is 18.2 Å². The van der Waals surface area contributed by atoms with Crippen molar-refractivity contribution in [1.29, 1.82) is 0 Å². The van der Waals surface area contributed by atoms with Gasteiger partial charge >= 0.3 is 0 Å². The predicted octanol–water partition coefficient (Wildman–Crippen LogP) is 1.93. The van der Waals surface area contributed by atoms with E-state index in [2.05, 4.69) is 10.4 Å². The first kappa shape index (κ1) is 9.38. The summed E-state index contributed by atoms with van der Waals surface area (Å²) < 4.78 is 6.36. The van der Waals surface area contributed by atoms with Gasteiger partial charge in [-0.2, -0.15) is 0 Å². The number of benzene rings is 1. The van der Waals surface area contributed by atoms with Crippen molar-refractivity contribution < 1.29 is 9.32 Å². The summed E-state index contributed by atoms with van der Waals surface area (Å²) in [4.78, 5) is 11.1. The van der Waals surface area contributed by atoms with Crippen LogP contribution in [0.1, 0.15) is 6.92 Å². The van der Waals surface area contributed by atoms with Gasteiger partial charge < -0.3 is 4.52 Å². The van der Waals surface area contributed by atoms with Gasteiger partial charge in [-0.25, -0.2) is 0 Å². The summed E-state index contributed by atoms with van der Waals surface area (Å²) in [6.07, 6.45) is 0. The summed E-state index contributed by atoms with van der Waals surface area (Å²) in [5.74, 6) is -0.0684. The Morgan fingerprint density at radius 2 is 2.36 bits per heavy atom. The van der Waals surface area contributed by atoms with Gasteiger partial charge in [-0.15, -0.1) is 5.10 Å². The molecule has 1 amide bonds. The molecule has 2 aromatic rings. The Morgan fingerprint density at radius 3 is 3.07 bits per heavy atom. The van der Waals surface area contributed by atoms with Crippen molar-refractivity contribution in [2.24, 2.45) is 0 Å². The molecule has 1 heterocycles. The molecule has 0 bridgehead atoms. The number of rotatable bonds is 1. The number of halogens is 1. The van der Waals surface area contributed by atoms with Crippen LogP contribution in [-0.2, 0) is 4.79 Å². The zero-order valence-corrected chi connectivity index (χ0v) is 9.43. The van der Waals surface area contributed by atoms with Crippen LogP contribution in [0.5, 0.6) is 0 Å². The Labute approximate surface area is 93.5 Å². The fourth-order valence-corrected chi connectivity index (χ4v) is 1.51. The first-order valence-corrected chi connectivity index (χ1v) is 4.84. The van der Waals surface area contributed by atoms with Gasteiger partial charge in [-0.05, 0) is 12.1 Å². The van der Waals surface area contributed by atoms with Gasteiger partial charge in [-0.3, -0.25) is 7.91 Å². The highest BCUT2D eigenvalue weighted by atomic mass is 127. The molecule has 0 atom stereocenters. The molecule has 0 radical (unpaired) electrons. The van der Waals surface area contributed by atoms with Crippen LogP contribution in [0.15, 0.2) is 22.7 Å². The van der Waals surface area contributed by atoms with Crippen LogP contribution < -0.4 is 3.11 Å². The largest absolute Gasteiger partial charge is 0.337 e. The Bertz CT molecular complexity index is 482. The fraction of sp³-hybridized carbons (Fsp3) is 0.125. The summed E-state index contributed by atoms with van der Waals surface area (Å²) in [6.45, 7) is 1.48. The third kappa shape index (κ3) is 1.45. The van der Waals surface area contributed by atoms with E-state index in [1.807, 2.05) is 22.9 Å². The van der Waals surface area contributed by atoms with Gasteiger partial charge in [0.05, 0.1) is 28.6 Å². The Morgan fingerprint density at radius 1 is 1.57 bits per heavy atom. The second kappa shape index (κ2) is 3.52. The maximum absolute atomic E-state index is 11.1. The van der Waals surface area contributed by atoms with Crippen LogP contribution in [0, 0.1) is 0 Å². The average Bonchev–Trinajstić information content (AvgIpc) is 2.63. The Kier molecular flexibility index (Phi) is 2.36. The van der Waals surface area contributed by atoms with Crippen LogP contribution in [0.25, 0.3) is 11.1 Å². The number of fused-ring (bicyclic) bond motifs is 1. The number of amides is 1. The molecule has 72 valence electrons. The van der Waals surface area contributed by atoms with Crippen molar-refractivity contribution in [2.75, 3.05) is 3.11 Å². The van der Waals surface area contributed by atoms with E-state index in [0.29, 0.717) is 16.8 Å². The van der Waals surface area contributed by atoms with Crippen molar-refractivity contribution >= 4 is 45.6 Å². The topological polar surface area (TPSA) is 59.2 Å². The first-order chi connectivity index (χ1) is 6.70. The zero-order valence-electron chi connectivity index (χ0n) is 7.27. The summed E-state index contributed by atoms with van der Waals surface area (Å²) in [5, 5.41) is 7.24. The maximum atomic E-state index is 11.1. The maximum Gasteiger partial charge on any atom is 0.232 e. The monoisotopic (exact) mass is 303 g/mol. The number of anilines is 1.